The number of hydrogen-bond acceptors (Lipinski definition) is 5. The number of nitrogens with one attached hydrogen (secondary N) is 1. The van der Waals surface area contributed by atoms with Crippen molar-refractivity contribution >= 4 is 12.0 Å². The molecule has 0 atom stereocenters. The number of piperidine rings is 1. The lowest BCUT2D eigenvalue weighted by atomic mass is 9.96. The highest BCUT2D eigenvalue weighted by molar-refractivity contribution is 5.79. The molecule has 7 heteroatoms. The molecule has 2 amide bonds. The summed E-state index contributed by atoms with van der Waals surface area (Å²) in [7, 11) is 3.05. The van der Waals surface area contributed by atoms with Gasteiger partial charge in [0.2, 0.25) is 5.91 Å². The van der Waals surface area contributed by atoms with Gasteiger partial charge in [-0.25, -0.2) is 4.79 Å². The van der Waals surface area contributed by atoms with Crippen LogP contribution in [0.15, 0.2) is 0 Å². The lowest BCUT2D eigenvalue weighted by Crippen LogP contribution is -2.44. The monoisotopic (exact) mass is 288 g/mol. The van der Waals surface area contributed by atoms with E-state index < -0.39 is 6.29 Å². The van der Waals surface area contributed by atoms with Crippen molar-refractivity contribution in [3.8, 4) is 0 Å². The summed E-state index contributed by atoms with van der Waals surface area (Å²) in [5.41, 5.74) is 0. The summed E-state index contributed by atoms with van der Waals surface area (Å²) < 4.78 is 15.0. The average Bonchev–Trinajstić information content (AvgIpc) is 2.48. The zero-order valence-corrected chi connectivity index (χ0v) is 12.4. The first-order valence-corrected chi connectivity index (χ1v) is 6.87. The van der Waals surface area contributed by atoms with Crippen molar-refractivity contribution < 1.29 is 23.8 Å². The minimum atomic E-state index is -0.432. The maximum Gasteiger partial charge on any atom is 0.409 e. The van der Waals surface area contributed by atoms with Crippen molar-refractivity contribution in [1.29, 1.82) is 0 Å². The first kappa shape index (κ1) is 16.7. The summed E-state index contributed by atoms with van der Waals surface area (Å²) in [6.07, 6.45) is 0.564. The Kier molecular flexibility index (Phi) is 7.32. The van der Waals surface area contributed by atoms with E-state index in [4.69, 9.17) is 14.2 Å². The van der Waals surface area contributed by atoms with Gasteiger partial charge in [0.1, 0.15) is 0 Å². The second-order valence-corrected chi connectivity index (χ2v) is 4.61. The maximum atomic E-state index is 12.0. The fraction of sp³-hybridized carbons (Fsp3) is 0.846. The van der Waals surface area contributed by atoms with Crippen LogP contribution < -0.4 is 5.32 Å². The molecule has 0 saturated carbocycles. The number of methoxy groups -OCH3 is 2. The Morgan fingerprint density at radius 1 is 1.25 bits per heavy atom. The molecule has 116 valence electrons. The van der Waals surface area contributed by atoms with Gasteiger partial charge in [0, 0.05) is 33.2 Å². The van der Waals surface area contributed by atoms with Crippen LogP contribution in [0.4, 0.5) is 4.79 Å². The van der Waals surface area contributed by atoms with E-state index in [2.05, 4.69) is 5.32 Å². The number of hydrogen-bond donors (Lipinski definition) is 1. The van der Waals surface area contributed by atoms with Gasteiger partial charge >= 0.3 is 6.09 Å². The summed E-state index contributed by atoms with van der Waals surface area (Å²) >= 11 is 0. The smallest absolute Gasteiger partial charge is 0.409 e. The molecule has 0 aliphatic carbocycles. The molecular formula is C13H24N2O5. The zero-order chi connectivity index (χ0) is 15.0. The Hall–Kier alpha value is -1.34. The van der Waals surface area contributed by atoms with Crippen molar-refractivity contribution in [2.45, 2.75) is 26.1 Å². The number of amides is 2. The van der Waals surface area contributed by atoms with E-state index in [1.54, 1.807) is 11.8 Å². The maximum absolute atomic E-state index is 12.0. The van der Waals surface area contributed by atoms with Crippen molar-refractivity contribution in [3.05, 3.63) is 0 Å². The van der Waals surface area contributed by atoms with Gasteiger partial charge in [-0.1, -0.05) is 0 Å². The van der Waals surface area contributed by atoms with Crippen LogP contribution in [0.2, 0.25) is 0 Å². The van der Waals surface area contributed by atoms with Crippen molar-refractivity contribution in [2.75, 3.05) is 40.5 Å². The highest BCUT2D eigenvalue weighted by Gasteiger charge is 2.28. The normalized spacial score (nSPS) is 16.3. The van der Waals surface area contributed by atoms with E-state index >= 15 is 0 Å². The zero-order valence-electron chi connectivity index (χ0n) is 12.4. The molecule has 20 heavy (non-hydrogen) atoms. The summed E-state index contributed by atoms with van der Waals surface area (Å²) in [4.78, 5) is 25.2. The van der Waals surface area contributed by atoms with Gasteiger partial charge in [0.25, 0.3) is 0 Å². The van der Waals surface area contributed by atoms with Gasteiger partial charge in [-0.2, -0.15) is 0 Å². The molecule has 0 aromatic carbocycles. The number of carbonyl (C=O) groups excluding carboxylic acids is 2. The Balaban J connectivity index is 2.30. The Labute approximate surface area is 119 Å². The van der Waals surface area contributed by atoms with Gasteiger partial charge in [-0.3, -0.25) is 4.79 Å². The molecule has 0 unspecified atom stereocenters. The van der Waals surface area contributed by atoms with E-state index in [9.17, 15) is 9.59 Å². The molecule has 7 nitrogen and oxygen atoms in total. The Bertz CT molecular complexity index is 312. The highest BCUT2D eigenvalue weighted by atomic mass is 16.7. The van der Waals surface area contributed by atoms with Gasteiger partial charge in [0.15, 0.2) is 6.29 Å². The highest BCUT2D eigenvalue weighted by Crippen LogP contribution is 2.18. The largest absolute Gasteiger partial charge is 0.450 e. The van der Waals surface area contributed by atoms with Crippen molar-refractivity contribution in [3.63, 3.8) is 0 Å². The van der Waals surface area contributed by atoms with Crippen molar-refractivity contribution in [1.82, 2.24) is 10.2 Å². The van der Waals surface area contributed by atoms with Gasteiger partial charge in [0.05, 0.1) is 13.2 Å². The van der Waals surface area contributed by atoms with Crippen molar-refractivity contribution in [2.24, 2.45) is 5.92 Å². The first-order chi connectivity index (χ1) is 9.62. The second-order valence-electron chi connectivity index (χ2n) is 4.61. The van der Waals surface area contributed by atoms with Crippen LogP contribution in [0.5, 0.6) is 0 Å². The average molecular weight is 288 g/mol. The molecule has 0 bridgehead atoms. The van der Waals surface area contributed by atoms with Crippen LogP contribution in [-0.4, -0.2) is 63.7 Å². The lowest BCUT2D eigenvalue weighted by molar-refractivity contribution is -0.132. The summed E-state index contributed by atoms with van der Waals surface area (Å²) in [6.45, 7) is 3.57. The van der Waals surface area contributed by atoms with Gasteiger partial charge in [-0.15, -0.1) is 0 Å². The van der Waals surface area contributed by atoms with E-state index in [-0.39, 0.29) is 17.9 Å². The molecule has 1 saturated heterocycles. The molecule has 0 spiro atoms. The molecule has 1 N–H and O–H groups in total. The third kappa shape index (κ3) is 4.97. The van der Waals surface area contributed by atoms with Gasteiger partial charge in [-0.05, 0) is 19.8 Å². The second kappa shape index (κ2) is 8.76. The third-order valence-electron chi connectivity index (χ3n) is 3.36. The number of rotatable bonds is 6. The minimum absolute atomic E-state index is 0.0207. The van der Waals surface area contributed by atoms with Crippen LogP contribution in [-0.2, 0) is 19.0 Å². The molecule has 0 aromatic heterocycles. The summed E-state index contributed by atoms with van der Waals surface area (Å²) in [5, 5.41) is 2.80. The van der Waals surface area contributed by atoms with E-state index in [0.29, 0.717) is 39.1 Å². The van der Waals surface area contributed by atoms with Gasteiger partial charge < -0.3 is 24.4 Å². The topological polar surface area (TPSA) is 77.1 Å². The number of likely N-dealkylation sites (tertiary alicyclic amines) is 1. The fourth-order valence-electron chi connectivity index (χ4n) is 2.13. The molecular weight excluding hydrogens is 264 g/mol. The van der Waals surface area contributed by atoms with Crippen LogP contribution in [0.3, 0.4) is 0 Å². The molecule has 1 fully saturated rings. The van der Waals surface area contributed by atoms with Crippen LogP contribution >= 0.6 is 0 Å². The van der Waals surface area contributed by atoms with Crippen LogP contribution in [0.1, 0.15) is 19.8 Å². The van der Waals surface area contributed by atoms with E-state index in [1.807, 2.05) is 0 Å². The SMILES string of the molecule is CCOC(=O)N1CCC(C(=O)NCC(OC)OC)CC1. The number of carbonyl (C=O) groups is 2. The van der Waals surface area contributed by atoms with Crippen LogP contribution in [0, 0.1) is 5.92 Å². The molecule has 1 aliphatic heterocycles. The molecule has 1 rings (SSSR count). The minimum Gasteiger partial charge on any atom is -0.450 e. The third-order valence-corrected chi connectivity index (χ3v) is 3.36. The molecule has 0 radical (unpaired) electrons. The predicted octanol–water partition coefficient (Wildman–Crippen LogP) is 0.590. The quantitative estimate of drug-likeness (QED) is 0.724. The summed E-state index contributed by atoms with van der Waals surface area (Å²) in [6, 6.07) is 0. The number of nitrogens with zero attached hydrogens (tertiary/aromatic N) is 1. The standard InChI is InChI=1S/C13H24N2O5/c1-4-20-13(17)15-7-5-10(6-8-15)12(16)14-9-11(18-2)19-3/h10-11H,4-9H2,1-3H3,(H,14,16). The first-order valence-electron chi connectivity index (χ1n) is 6.87. The lowest BCUT2D eigenvalue weighted by Gasteiger charge is -2.30. The number of ether oxygens (including phenoxy) is 3. The molecule has 1 heterocycles. The Morgan fingerprint density at radius 3 is 2.35 bits per heavy atom. The predicted molar refractivity (Wildman–Crippen MR) is 72.1 cm³/mol. The van der Waals surface area contributed by atoms with Crippen LogP contribution in [0.25, 0.3) is 0 Å². The summed E-state index contributed by atoms with van der Waals surface area (Å²) in [5.74, 6) is -0.0948. The fourth-order valence-corrected chi connectivity index (χ4v) is 2.13. The Morgan fingerprint density at radius 2 is 1.85 bits per heavy atom. The molecule has 1 aliphatic rings. The molecule has 0 aromatic rings. The van der Waals surface area contributed by atoms with E-state index in [1.165, 1.54) is 14.2 Å². The van der Waals surface area contributed by atoms with E-state index in [0.717, 1.165) is 0 Å².